The number of carboxylic acid groups (broad SMARTS) is 1. The minimum Gasteiger partial charge on any atom is -0.482 e. The van der Waals surface area contributed by atoms with Gasteiger partial charge in [-0.05, 0) is 45.0 Å². The third-order valence-corrected chi connectivity index (χ3v) is 7.20. The second kappa shape index (κ2) is 11.7. The number of aromatic nitrogens is 2. The predicted octanol–water partition coefficient (Wildman–Crippen LogP) is 3.53. The van der Waals surface area contributed by atoms with Crippen molar-refractivity contribution in [3.8, 4) is 17.0 Å². The fraction of sp³-hybridized carbons (Fsp3) is 0.577. The molecule has 3 aliphatic rings. The van der Waals surface area contributed by atoms with Gasteiger partial charge in [0.2, 0.25) is 5.91 Å². The minimum absolute atomic E-state index is 0.0643. The van der Waals surface area contributed by atoms with Gasteiger partial charge in [0.05, 0.1) is 18.4 Å². The molecule has 5 rings (SSSR count). The molecule has 0 bridgehead atoms. The molecule has 2 aromatic rings. The molecule has 1 amide bonds. The van der Waals surface area contributed by atoms with Crippen LogP contribution in [0.2, 0.25) is 0 Å². The Hall–Kier alpha value is -3.12. The normalized spacial score (nSPS) is 18.3. The first-order chi connectivity index (χ1) is 18.1. The molecule has 0 saturated carbocycles. The van der Waals surface area contributed by atoms with E-state index in [2.05, 4.69) is 27.8 Å². The first-order valence-corrected chi connectivity index (χ1v) is 12.9. The van der Waals surface area contributed by atoms with Crippen molar-refractivity contribution < 1.29 is 37.3 Å². The number of carbonyl (C=O) groups excluding carboxylic acids is 1. The van der Waals surface area contributed by atoms with Crippen molar-refractivity contribution in [2.45, 2.75) is 50.9 Å². The summed E-state index contributed by atoms with van der Waals surface area (Å²) in [6, 6.07) is 8.29. The number of nitrogens with zero attached hydrogens (tertiary/aromatic N) is 4. The summed E-state index contributed by atoms with van der Waals surface area (Å²) in [5.41, 5.74) is 3.06. The quantitative estimate of drug-likeness (QED) is 0.601. The summed E-state index contributed by atoms with van der Waals surface area (Å²) in [7, 11) is 0. The van der Waals surface area contributed by atoms with Crippen molar-refractivity contribution in [2.75, 3.05) is 45.9 Å². The van der Waals surface area contributed by atoms with Crippen LogP contribution in [0.15, 0.2) is 30.5 Å². The highest BCUT2D eigenvalue weighted by molar-refractivity contribution is 5.78. The number of alkyl halides is 3. The van der Waals surface area contributed by atoms with E-state index in [1.54, 1.807) is 0 Å². The first-order valence-electron chi connectivity index (χ1n) is 12.9. The number of amides is 1. The Morgan fingerprint density at radius 2 is 1.76 bits per heavy atom. The molecule has 4 heterocycles. The molecule has 208 valence electrons. The lowest BCUT2D eigenvalue weighted by Crippen LogP contribution is -2.49. The molecule has 1 aromatic carbocycles. The van der Waals surface area contributed by atoms with E-state index in [-0.39, 0.29) is 12.5 Å². The number of piperidine rings is 1. The monoisotopic (exact) mass is 538 g/mol. The summed E-state index contributed by atoms with van der Waals surface area (Å²) in [6.07, 6.45) is 1.06. The molecule has 12 heteroatoms. The van der Waals surface area contributed by atoms with Gasteiger partial charge < -0.3 is 24.4 Å². The molecule has 1 aromatic heterocycles. The van der Waals surface area contributed by atoms with Crippen molar-refractivity contribution in [2.24, 2.45) is 0 Å². The number of para-hydroxylation sites is 1. The molecule has 38 heavy (non-hydrogen) atoms. The first kappa shape index (κ1) is 27.9. The summed E-state index contributed by atoms with van der Waals surface area (Å²) in [4.78, 5) is 25.8. The Bertz CT molecular complexity index is 1120. The maximum Gasteiger partial charge on any atom is 0.490 e. The fourth-order valence-electron chi connectivity index (χ4n) is 5.20. The summed E-state index contributed by atoms with van der Waals surface area (Å²) in [5.74, 6) is -1.77. The number of hydrogen-bond acceptors (Lipinski definition) is 6. The molecule has 0 unspecified atom stereocenters. The highest BCUT2D eigenvalue weighted by atomic mass is 19.4. The lowest BCUT2D eigenvalue weighted by atomic mass is 9.81. The lowest BCUT2D eigenvalue weighted by molar-refractivity contribution is -0.192. The van der Waals surface area contributed by atoms with E-state index in [0.717, 1.165) is 37.2 Å². The summed E-state index contributed by atoms with van der Waals surface area (Å²) in [6.45, 7) is 8.28. The Balaban J connectivity index is 0.000000426. The van der Waals surface area contributed by atoms with Crippen LogP contribution < -0.4 is 4.74 Å². The molecule has 1 N–H and O–H groups in total. The molecule has 2 fully saturated rings. The molecule has 0 radical (unpaired) electrons. The van der Waals surface area contributed by atoms with Gasteiger partial charge in [-0.2, -0.15) is 18.3 Å². The average Bonchev–Trinajstić information content (AvgIpc) is 3.57. The van der Waals surface area contributed by atoms with Crippen LogP contribution >= 0.6 is 0 Å². The number of rotatable bonds is 6. The van der Waals surface area contributed by atoms with Crippen LogP contribution in [0.25, 0.3) is 11.3 Å². The number of hydrogen-bond donors (Lipinski definition) is 1. The third kappa shape index (κ3) is 6.12. The van der Waals surface area contributed by atoms with Gasteiger partial charge in [0.25, 0.3) is 0 Å². The lowest BCUT2D eigenvalue weighted by Gasteiger charge is -2.44. The molecule has 9 nitrogen and oxygen atoms in total. The van der Waals surface area contributed by atoms with Crippen molar-refractivity contribution in [1.29, 1.82) is 0 Å². The number of ether oxygens (including phenoxy) is 2. The molecule has 2 saturated heterocycles. The topological polar surface area (TPSA) is 97.1 Å². The van der Waals surface area contributed by atoms with Crippen LogP contribution in [0.1, 0.15) is 38.2 Å². The zero-order valence-corrected chi connectivity index (χ0v) is 21.4. The number of likely N-dealkylation sites (tertiary alicyclic amines) is 2. The van der Waals surface area contributed by atoms with E-state index in [1.807, 2.05) is 24.1 Å². The standard InChI is InChI=1S/C24H32N4O3.C2HF3O2/c1-2-30-18-22(29)27-13-9-24(10-14-27)20-17-25-28(16-15-26-11-5-6-12-26)23(20)19-7-3-4-8-21(19)31-24;3-2(4,5)1(6)7/h3-4,7-8,17H,2,5-6,9-16,18H2,1H3;(H,6,7). The molecule has 1 spiro atoms. The van der Waals surface area contributed by atoms with Crippen LogP contribution in [-0.2, 0) is 26.5 Å². The summed E-state index contributed by atoms with van der Waals surface area (Å²) < 4.78 is 45.9. The zero-order chi connectivity index (χ0) is 27.3. The van der Waals surface area contributed by atoms with Crippen LogP contribution in [0.5, 0.6) is 5.75 Å². The maximum absolute atomic E-state index is 12.4. The minimum atomic E-state index is -5.08. The average molecular weight is 539 g/mol. The largest absolute Gasteiger partial charge is 0.490 e. The van der Waals surface area contributed by atoms with Gasteiger partial charge in [-0.3, -0.25) is 9.48 Å². The SMILES string of the molecule is CCOCC(=O)N1CCC2(CC1)Oc1ccccc1-c1c2cnn1CCN1CCCC1.O=C(O)C(F)(F)F. The number of carboxylic acids is 1. The number of aliphatic carboxylic acids is 1. The van der Waals surface area contributed by atoms with Gasteiger partial charge in [-0.25, -0.2) is 4.79 Å². The van der Waals surface area contributed by atoms with Crippen LogP contribution in [-0.4, -0.2) is 88.7 Å². The van der Waals surface area contributed by atoms with Gasteiger partial charge in [-0.15, -0.1) is 0 Å². The summed E-state index contributed by atoms with van der Waals surface area (Å²) >= 11 is 0. The summed E-state index contributed by atoms with van der Waals surface area (Å²) in [5, 5.41) is 11.9. The Morgan fingerprint density at radius 3 is 2.39 bits per heavy atom. The highest BCUT2D eigenvalue weighted by Crippen LogP contribution is 2.49. The van der Waals surface area contributed by atoms with Gasteiger partial charge in [0.1, 0.15) is 18.0 Å². The van der Waals surface area contributed by atoms with Gasteiger partial charge in [-0.1, -0.05) is 12.1 Å². The second-order valence-corrected chi connectivity index (χ2v) is 9.59. The van der Waals surface area contributed by atoms with Gasteiger partial charge in [0, 0.05) is 50.2 Å². The predicted molar refractivity (Wildman–Crippen MR) is 132 cm³/mol. The number of fused-ring (bicyclic) bond motifs is 4. The molecular formula is C26H33F3N4O5. The van der Waals surface area contributed by atoms with Gasteiger partial charge in [0.15, 0.2) is 0 Å². The number of carbonyl (C=O) groups is 2. The van der Waals surface area contributed by atoms with E-state index >= 15 is 0 Å². The smallest absolute Gasteiger partial charge is 0.482 e. The van der Waals surface area contributed by atoms with Crippen LogP contribution in [0.3, 0.4) is 0 Å². The van der Waals surface area contributed by atoms with E-state index in [1.165, 1.54) is 37.2 Å². The molecule has 0 atom stereocenters. The number of benzene rings is 1. The van der Waals surface area contributed by atoms with Crippen LogP contribution in [0, 0.1) is 0 Å². The second-order valence-electron chi connectivity index (χ2n) is 9.59. The fourth-order valence-corrected chi connectivity index (χ4v) is 5.20. The van der Waals surface area contributed by atoms with Crippen molar-refractivity contribution in [3.63, 3.8) is 0 Å². The Labute approximate surface area is 219 Å². The van der Waals surface area contributed by atoms with Crippen molar-refractivity contribution >= 4 is 11.9 Å². The number of halogens is 3. The third-order valence-electron chi connectivity index (χ3n) is 7.20. The molecule has 3 aliphatic heterocycles. The van der Waals surface area contributed by atoms with Gasteiger partial charge >= 0.3 is 12.1 Å². The van der Waals surface area contributed by atoms with Crippen LogP contribution in [0.4, 0.5) is 13.2 Å². The van der Waals surface area contributed by atoms with E-state index in [9.17, 15) is 18.0 Å². The van der Waals surface area contributed by atoms with Crippen molar-refractivity contribution in [3.05, 3.63) is 36.0 Å². The zero-order valence-electron chi connectivity index (χ0n) is 21.4. The highest BCUT2D eigenvalue weighted by Gasteiger charge is 2.46. The molecular weight excluding hydrogens is 505 g/mol. The van der Waals surface area contributed by atoms with E-state index in [4.69, 9.17) is 24.5 Å². The maximum atomic E-state index is 12.4. The van der Waals surface area contributed by atoms with Crippen molar-refractivity contribution in [1.82, 2.24) is 19.6 Å². The van der Waals surface area contributed by atoms with E-state index in [0.29, 0.717) is 19.7 Å². The Kier molecular flexibility index (Phi) is 8.61. The van der Waals surface area contributed by atoms with E-state index < -0.39 is 17.7 Å². The molecule has 0 aliphatic carbocycles. The Morgan fingerprint density at radius 1 is 1.11 bits per heavy atom.